The molecule has 162 valence electrons. The van der Waals surface area contributed by atoms with Crippen molar-refractivity contribution in [2.24, 2.45) is 0 Å². The summed E-state index contributed by atoms with van der Waals surface area (Å²) in [5.41, 5.74) is 4.44. The Morgan fingerprint density at radius 2 is 1.50 bits per heavy atom. The van der Waals surface area contributed by atoms with Crippen LogP contribution in [0, 0.1) is 0 Å². The van der Waals surface area contributed by atoms with E-state index >= 15 is 0 Å². The van der Waals surface area contributed by atoms with E-state index in [-0.39, 0.29) is 6.42 Å². The highest BCUT2D eigenvalue weighted by atomic mass is 16.4. The lowest BCUT2D eigenvalue weighted by molar-refractivity contribution is -0.136. The zero-order valence-corrected chi connectivity index (χ0v) is 18.3. The van der Waals surface area contributed by atoms with Gasteiger partial charge in [0, 0.05) is 30.1 Å². The summed E-state index contributed by atoms with van der Waals surface area (Å²) in [6.45, 7) is 3.28. The predicted molar refractivity (Wildman–Crippen MR) is 130 cm³/mol. The van der Waals surface area contributed by atoms with Gasteiger partial charge < -0.3 is 5.11 Å². The first kappa shape index (κ1) is 20.7. The molecule has 0 atom stereocenters. The number of fused-ring (bicyclic) bond motifs is 2. The minimum atomic E-state index is -0.768. The van der Waals surface area contributed by atoms with Crippen molar-refractivity contribution in [1.82, 2.24) is 9.88 Å². The summed E-state index contributed by atoms with van der Waals surface area (Å²) in [6, 6.07) is 21.0. The molecule has 0 spiro atoms. The normalized spacial score (nSPS) is 14.8. The maximum Gasteiger partial charge on any atom is 0.303 e. The Morgan fingerprint density at radius 3 is 2.31 bits per heavy atom. The number of hydrogen-bond donors (Lipinski definition) is 1. The Hall–Kier alpha value is -3.24. The number of pyridine rings is 1. The van der Waals surface area contributed by atoms with E-state index in [1.54, 1.807) is 0 Å². The molecular weight excluding hydrogens is 396 g/mol. The molecule has 1 saturated heterocycles. The van der Waals surface area contributed by atoms with E-state index in [0.29, 0.717) is 6.42 Å². The largest absolute Gasteiger partial charge is 0.481 e. The van der Waals surface area contributed by atoms with Gasteiger partial charge in [-0.05, 0) is 59.6 Å². The fraction of sp³-hybridized carbons (Fsp3) is 0.286. The second kappa shape index (κ2) is 9.09. The fourth-order valence-corrected chi connectivity index (χ4v) is 4.99. The molecule has 4 heteroatoms. The molecular formula is C28H28N2O2. The Kier molecular flexibility index (Phi) is 5.87. The van der Waals surface area contributed by atoms with Gasteiger partial charge in [-0.3, -0.25) is 14.7 Å². The minimum Gasteiger partial charge on any atom is -0.481 e. The number of aryl methyl sites for hydroxylation is 1. The quantitative estimate of drug-likeness (QED) is 0.409. The molecule has 4 nitrogen and oxygen atoms in total. The number of carboxylic acids is 1. The van der Waals surface area contributed by atoms with Gasteiger partial charge in [0.05, 0.1) is 5.69 Å². The lowest BCUT2D eigenvalue weighted by Gasteiger charge is -2.27. The predicted octanol–water partition coefficient (Wildman–Crippen LogP) is 6.06. The Labute approximate surface area is 188 Å². The van der Waals surface area contributed by atoms with Crippen molar-refractivity contribution >= 4 is 27.5 Å². The first-order valence-electron chi connectivity index (χ1n) is 11.5. The van der Waals surface area contributed by atoms with Gasteiger partial charge in [-0.1, -0.05) is 67.1 Å². The highest BCUT2D eigenvalue weighted by Crippen LogP contribution is 2.35. The first-order chi connectivity index (χ1) is 15.7. The highest BCUT2D eigenvalue weighted by molar-refractivity contribution is 6.05. The molecule has 5 rings (SSSR count). The summed E-state index contributed by atoms with van der Waals surface area (Å²) in [6.07, 6.45) is 6.62. The standard InChI is InChI=1S/C28H28N2O2/c31-27(32)15-14-20-8-6-12-24-22(20)11-7-13-26(24)28-25-10-3-2-9-23(25)21(18-29-28)19-30-16-4-1-5-17-30/h2-3,6-13,18H,1,4-5,14-17,19H2,(H,31,32). The topological polar surface area (TPSA) is 53.4 Å². The van der Waals surface area contributed by atoms with Gasteiger partial charge in [-0.2, -0.15) is 0 Å². The van der Waals surface area contributed by atoms with Gasteiger partial charge in [0.2, 0.25) is 0 Å². The van der Waals surface area contributed by atoms with Crippen molar-refractivity contribution in [3.8, 4) is 11.3 Å². The third-order valence-electron chi connectivity index (χ3n) is 6.60. The van der Waals surface area contributed by atoms with Crippen LogP contribution in [0.3, 0.4) is 0 Å². The van der Waals surface area contributed by atoms with E-state index in [2.05, 4.69) is 59.6 Å². The van der Waals surface area contributed by atoms with Crippen molar-refractivity contribution in [1.29, 1.82) is 0 Å². The lowest BCUT2D eigenvalue weighted by Crippen LogP contribution is -2.29. The molecule has 1 fully saturated rings. The number of aliphatic carboxylic acids is 1. The fourth-order valence-electron chi connectivity index (χ4n) is 4.99. The number of hydrogen-bond acceptors (Lipinski definition) is 3. The zero-order chi connectivity index (χ0) is 21.9. The summed E-state index contributed by atoms with van der Waals surface area (Å²) in [7, 11) is 0. The van der Waals surface area contributed by atoms with Crippen molar-refractivity contribution in [3.63, 3.8) is 0 Å². The van der Waals surface area contributed by atoms with Gasteiger partial charge in [0.1, 0.15) is 0 Å². The van der Waals surface area contributed by atoms with Crippen LogP contribution in [-0.2, 0) is 17.8 Å². The number of nitrogens with zero attached hydrogens (tertiary/aromatic N) is 2. The van der Waals surface area contributed by atoms with Crippen LogP contribution >= 0.6 is 0 Å². The number of carbonyl (C=O) groups is 1. The molecule has 2 heterocycles. The molecule has 32 heavy (non-hydrogen) atoms. The number of carboxylic acid groups (broad SMARTS) is 1. The molecule has 1 N–H and O–H groups in total. The van der Waals surface area contributed by atoms with Gasteiger partial charge in [0.15, 0.2) is 0 Å². The van der Waals surface area contributed by atoms with E-state index in [4.69, 9.17) is 10.1 Å². The minimum absolute atomic E-state index is 0.135. The van der Waals surface area contributed by atoms with Crippen LogP contribution in [0.15, 0.2) is 66.9 Å². The molecule has 0 unspecified atom stereocenters. The molecule has 0 amide bonds. The Balaban J connectivity index is 1.60. The van der Waals surface area contributed by atoms with E-state index < -0.39 is 5.97 Å². The molecule has 0 saturated carbocycles. The van der Waals surface area contributed by atoms with Crippen molar-refractivity contribution in [2.45, 2.75) is 38.6 Å². The average Bonchev–Trinajstić information content (AvgIpc) is 2.83. The number of benzene rings is 3. The first-order valence-corrected chi connectivity index (χ1v) is 11.5. The third-order valence-corrected chi connectivity index (χ3v) is 6.60. The number of rotatable bonds is 6. The van der Waals surface area contributed by atoms with Crippen molar-refractivity contribution in [2.75, 3.05) is 13.1 Å². The monoisotopic (exact) mass is 424 g/mol. The van der Waals surface area contributed by atoms with E-state index in [9.17, 15) is 4.79 Å². The summed E-state index contributed by atoms with van der Waals surface area (Å²) < 4.78 is 0. The Bertz CT molecular complexity index is 1280. The number of piperidine rings is 1. The SMILES string of the molecule is O=C(O)CCc1cccc2c(-c3ncc(CN4CCCCC4)c4ccccc34)cccc12. The molecule has 4 aromatic rings. The summed E-state index contributed by atoms with van der Waals surface area (Å²) >= 11 is 0. The second-order valence-corrected chi connectivity index (χ2v) is 8.73. The number of aromatic nitrogens is 1. The lowest BCUT2D eigenvalue weighted by atomic mass is 9.93. The third kappa shape index (κ3) is 4.11. The van der Waals surface area contributed by atoms with Crippen LogP contribution in [0.5, 0.6) is 0 Å². The summed E-state index contributed by atoms with van der Waals surface area (Å²) in [5.74, 6) is -0.768. The van der Waals surface area contributed by atoms with E-state index in [1.807, 2.05) is 12.1 Å². The molecule has 0 aliphatic carbocycles. The van der Waals surface area contributed by atoms with Gasteiger partial charge in [0.25, 0.3) is 0 Å². The van der Waals surface area contributed by atoms with Gasteiger partial charge in [-0.15, -0.1) is 0 Å². The maximum absolute atomic E-state index is 11.1. The second-order valence-electron chi connectivity index (χ2n) is 8.73. The molecule has 1 aromatic heterocycles. The van der Waals surface area contributed by atoms with Crippen LogP contribution in [0.4, 0.5) is 0 Å². The number of likely N-dealkylation sites (tertiary alicyclic amines) is 1. The maximum atomic E-state index is 11.1. The smallest absolute Gasteiger partial charge is 0.303 e. The molecule has 3 aromatic carbocycles. The van der Waals surface area contributed by atoms with Crippen LogP contribution in [0.25, 0.3) is 32.8 Å². The van der Waals surface area contributed by atoms with Crippen LogP contribution in [0.2, 0.25) is 0 Å². The highest BCUT2D eigenvalue weighted by Gasteiger charge is 2.16. The zero-order valence-electron chi connectivity index (χ0n) is 18.3. The van der Waals surface area contributed by atoms with Crippen molar-refractivity contribution in [3.05, 3.63) is 78.0 Å². The molecule has 0 radical (unpaired) electrons. The van der Waals surface area contributed by atoms with Gasteiger partial charge >= 0.3 is 5.97 Å². The molecule has 0 bridgehead atoms. The Morgan fingerprint density at radius 1 is 0.812 bits per heavy atom. The van der Waals surface area contributed by atoms with Crippen molar-refractivity contribution < 1.29 is 9.90 Å². The summed E-state index contributed by atoms with van der Waals surface area (Å²) in [4.78, 5) is 18.6. The molecule has 1 aliphatic rings. The van der Waals surface area contributed by atoms with E-state index in [1.165, 1.54) is 48.7 Å². The van der Waals surface area contributed by atoms with E-state index in [0.717, 1.165) is 34.1 Å². The summed E-state index contributed by atoms with van der Waals surface area (Å²) in [5, 5.41) is 13.8. The van der Waals surface area contributed by atoms with Gasteiger partial charge in [-0.25, -0.2) is 0 Å². The van der Waals surface area contributed by atoms with Crippen LogP contribution < -0.4 is 0 Å². The molecule has 1 aliphatic heterocycles. The average molecular weight is 425 g/mol. The van der Waals surface area contributed by atoms with Crippen LogP contribution in [0.1, 0.15) is 36.8 Å². The van der Waals surface area contributed by atoms with Crippen LogP contribution in [-0.4, -0.2) is 34.0 Å².